The highest BCUT2D eigenvalue weighted by atomic mass is 16.3. The van der Waals surface area contributed by atoms with Crippen LogP contribution in [0.4, 0.5) is 0 Å². The Morgan fingerprint density at radius 3 is 2.78 bits per heavy atom. The first-order valence-electron chi connectivity index (χ1n) is 7.41. The average molecular weight is 311 g/mol. The maximum Gasteiger partial charge on any atom is 0.258 e. The van der Waals surface area contributed by atoms with Gasteiger partial charge in [0.15, 0.2) is 0 Å². The minimum atomic E-state index is -0.200. The lowest BCUT2D eigenvalue weighted by Crippen LogP contribution is -2.32. The number of rotatable bonds is 4. The van der Waals surface area contributed by atoms with Gasteiger partial charge >= 0.3 is 0 Å². The smallest absolute Gasteiger partial charge is 0.258 e. The predicted molar refractivity (Wildman–Crippen MR) is 86.2 cm³/mol. The van der Waals surface area contributed by atoms with Crippen molar-refractivity contribution >= 4 is 16.8 Å². The minimum Gasteiger partial charge on any atom is -0.469 e. The highest BCUT2D eigenvalue weighted by Crippen LogP contribution is 2.14. The van der Waals surface area contributed by atoms with E-state index in [1.807, 2.05) is 13.0 Å². The number of H-pyrrole nitrogens is 1. The second kappa shape index (κ2) is 6.08. The molecule has 1 amide bonds. The largest absolute Gasteiger partial charge is 0.469 e. The van der Waals surface area contributed by atoms with Gasteiger partial charge in [0, 0.05) is 6.54 Å². The molecule has 1 N–H and O–H groups in total. The number of nitrogens with one attached hydrogen (secondary N) is 1. The molecule has 0 fully saturated rings. The molecule has 6 heteroatoms. The van der Waals surface area contributed by atoms with E-state index < -0.39 is 0 Å². The number of hydrogen-bond acceptors (Lipinski definition) is 4. The van der Waals surface area contributed by atoms with Crippen LogP contribution in [-0.2, 0) is 6.54 Å². The summed E-state index contributed by atoms with van der Waals surface area (Å²) >= 11 is 0. The maximum atomic E-state index is 12.6. The van der Waals surface area contributed by atoms with E-state index in [9.17, 15) is 9.59 Å². The Kier molecular flexibility index (Phi) is 3.97. The third-order valence-electron chi connectivity index (χ3n) is 3.76. The van der Waals surface area contributed by atoms with Gasteiger partial charge in [-0.25, -0.2) is 4.98 Å². The Morgan fingerprint density at radius 1 is 1.30 bits per heavy atom. The van der Waals surface area contributed by atoms with Crippen molar-refractivity contribution in [2.75, 3.05) is 6.54 Å². The number of carbonyl (C=O) groups is 1. The van der Waals surface area contributed by atoms with E-state index in [0.29, 0.717) is 34.6 Å². The van der Waals surface area contributed by atoms with Crippen LogP contribution in [0, 0.1) is 6.92 Å². The number of fused-ring (bicyclic) bond motifs is 1. The van der Waals surface area contributed by atoms with Gasteiger partial charge in [-0.15, -0.1) is 0 Å². The summed E-state index contributed by atoms with van der Waals surface area (Å²) in [6.07, 6.45) is 1.49. The normalized spacial score (nSPS) is 10.9. The molecule has 0 unspecified atom stereocenters. The molecule has 6 nitrogen and oxygen atoms in total. The Labute approximate surface area is 132 Å². The van der Waals surface area contributed by atoms with Crippen LogP contribution < -0.4 is 5.56 Å². The third kappa shape index (κ3) is 2.88. The van der Waals surface area contributed by atoms with Gasteiger partial charge in [0.05, 0.1) is 29.3 Å². The fraction of sp³-hybridized carbons (Fsp3) is 0.235. The van der Waals surface area contributed by atoms with E-state index in [1.54, 1.807) is 36.1 Å². The molecule has 0 spiro atoms. The summed E-state index contributed by atoms with van der Waals surface area (Å²) in [5.41, 5.74) is 0.942. The lowest BCUT2D eigenvalue weighted by atomic mass is 10.2. The van der Waals surface area contributed by atoms with Crippen LogP contribution in [0.5, 0.6) is 0 Å². The number of carbonyl (C=O) groups excluding carboxylic acids is 1. The van der Waals surface area contributed by atoms with Crippen molar-refractivity contribution in [3.8, 4) is 0 Å². The summed E-state index contributed by atoms with van der Waals surface area (Å²) in [6, 6.07) is 8.78. The van der Waals surface area contributed by atoms with Gasteiger partial charge in [-0.1, -0.05) is 12.1 Å². The second-order valence-corrected chi connectivity index (χ2v) is 5.24. The number of aryl methyl sites for hydroxylation is 1. The molecule has 0 bridgehead atoms. The summed E-state index contributed by atoms with van der Waals surface area (Å²) in [7, 11) is 0. The van der Waals surface area contributed by atoms with Gasteiger partial charge in [-0.05, 0) is 32.0 Å². The van der Waals surface area contributed by atoms with Gasteiger partial charge in [-0.3, -0.25) is 9.59 Å². The van der Waals surface area contributed by atoms with Crippen molar-refractivity contribution in [3.63, 3.8) is 0 Å². The van der Waals surface area contributed by atoms with E-state index in [2.05, 4.69) is 9.97 Å². The Hall–Kier alpha value is -2.89. The van der Waals surface area contributed by atoms with Gasteiger partial charge in [0.25, 0.3) is 11.5 Å². The van der Waals surface area contributed by atoms with Crippen LogP contribution in [-0.4, -0.2) is 27.3 Å². The van der Waals surface area contributed by atoms with Crippen LogP contribution in [0.2, 0.25) is 0 Å². The molecule has 1 aromatic carbocycles. The van der Waals surface area contributed by atoms with Crippen LogP contribution in [0.15, 0.2) is 45.8 Å². The Morgan fingerprint density at radius 2 is 2.09 bits per heavy atom. The van der Waals surface area contributed by atoms with Crippen molar-refractivity contribution < 1.29 is 9.21 Å². The first-order valence-corrected chi connectivity index (χ1v) is 7.41. The van der Waals surface area contributed by atoms with Crippen molar-refractivity contribution in [2.24, 2.45) is 0 Å². The van der Waals surface area contributed by atoms with Gasteiger partial charge in [-0.2, -0.15) is 0 Å². The van der Waals surface area contributed by atoms with Crippen LogP contribution >= 0.6 is 0 Å². The summed E-state index contributed by atoms with van der Waals surface area (Å²) in [5, 5.41) is 0.538. The Bertz CT molecular complexity index is 911. The molecular weight excluding hydrogens is 294 g/mol. The predicted octanol–water partition coefficient (Wildman–Crippen LogP) is 2.49. The molecule has 3 rings (SSSR count). The van der Waals surface area contributed by atoms with Crippen molar-refractivity contribution in [1.82, 2.24) is 14.9 Å². The number of hydrogen-bond donors (Lipinski definition) is 1. The number of amides is 1. The van der Waals surface area contributed by atoms with E-state index in [1.165, 1.54) is 6.26 Å². The number of benzene rings is 1. The molecule has 23 heavy (non-hydrogen) atoms. The highest BCUT2D eigenvalue weighted by molar-refractivity contribution is 5.95. The maximum absolute atomic E-state index is 12.6. The SMILES string of the molecule is CCN(Cc1nc2ccccc2c(=O)[nH]1)C(=O)c1ccoc1C. The van der Waals surface area contributed by atoms with Crippen molar-refractivity contribution in [1.29, 1.82) is 0 Å². The summed E-state index contributed by atoms with van der Waals surface area (Å²) in [6.45, 7) is 4.36. The number of nitrogens with zero attached hydrogens (tertiary/aromatic N) is 2. The first-order chi connectivity index (χ1) is 11.1. The third-order valence-corrected chi connectivity index (χ3v) is 3.76. The molecule has 0 aliphatic carbocycles. The zero-order chi connectivity index (χ0) is 16.4. The standard InChI is InChI=1S/C17H17N3O3/c1-3-20(17(22)12-8-9-23-11(12)2)10-15-18-14-7-5-4-6-13(14)16(21)19-15/h4-9H,3,10H2,1-2H3,(H,18,19,21). The average Bonchev–Trinajstić information content (AvgIpc) is 2.98. The summed E-state index contributed by atoms with van der Waals surface area (Å²) in [5.74, 6) is 0.896. The summed E-state index contributed by atoms with van der Waals surface area (Å²) in [4.78, 5) is 33.5. The molecule has 0 aliphatic rings. The zero-order valence-corrected chi connectivity index (χ0v) is 13.0. The molecule has 0 aliphatic heterocycles. The van der Waals surface area contributed by atoms with Crippen molar-refractivity contribution in [3.05, 3.63) is 64.1 Å². The van der Waals surface area contributed by atoms with Crippen LogP contribution in [0.25, 0.3) is 10.9 Å². The lowest BCUT2D eigenvalue weighted by molar-refractivity contribution is 0.0746. The van der Waals surface area contributed by atoms with E-state index in [-0.39, 0.29) is 18.0 Å². The van der Waals surface area contributed by atoms with E-state index >= 15 is 0 Å². The molecule has 118 valence electrons. The minimum absolute atomic E-state index is 0.144. The first kappa shape index (κ1) is 15.0. The van der Waals surface area contributed by atoms with E-state index in [4.69, 9.17) is 4.42 Å². The summed E-state index contributed by atoms with van der Waals surface area (Å²) < 4.78 is 5.19. The molecule has 0 saturated carbocycles. The zero-order valence-electron chi connectivity index (χ0n) is 13.0. The van der Waals surface area contributed by atoms with Crippen molar-refractivity contribution in [2.45, 2.75) is 20.4 Å². The molecule has 2 aromatic heterocycles. The fourth-order valence-electron chi connectivity index (χ4n) is 2.49. The number of furan rings is 1. The quantitative estimate of drug-likeness (QED) is 0.803. The molecule has 0 radical (unpaired) electrons. The lowest BCUT2D eigenvalue weighted by Gasteiger charge is -2.20. The second-order valence-electron chi connectivity index (χ2n) is 5.24. The molecule has 3 aromatic rings. The highest BCUT2D eigenvalue weighted by Gasteiger charge is 2.19. The topological polar surface area (TPSA) is 79.2 Å². The number of para-hydroxylation sites is 1. The van der Waals surface area contributed by atoms with Gasteiger partial charge in [0.1, 0.15) is 11.6 Å². The monoisotopic (exact) mass is 311 g/mol. The van der Waals surface area contributed by atoms with Crippen LogP contribution in [0.3, 0.4) is 0 Å². The van der Waals surface area contributed by atoms with Crippen LogP contribution in [0.1, 0.15) is 28.9 Å². The Balaban J connectivity index is 1.92. The molecule has 2 heterocycles. The fourth-order valence-corrected chi connectivity index (χ4v) is 2.49. The van der Waals surface area contributed by atoms with E-state index in [0.717, 1.165) is 0 Å². The van der Waals surface area contributed by atoms with Gasteiger partial charge in [0.2, 0.25) is 0 Å². The number of aromatic amines is 1. The number of aromatic nitrogens is 2. The van der Waals surface area contributed by atoms with Gasteiger partial charge < -0.3 is 14.3 Å². The molecular formula is C17H17N3O3. The molecule has 0 atom stereocenters. The molecule has 0 saturated heterocycles.